The zero-order chi connectivity index (χ0) is 16.2. The van der Waals surface area contributed by atoms with Crippen LogP contribution >= 0.6 is 0 Å². The minimum Gasteiger partial charge on any atom is -0.478 e. The van der Waals surface area contributed by atoms with E-state index in [0.717, 1.165) is 5.39 Å². The number of carboxylic acids is 1. The van der Waals surface area contributed by atoms with Gasteiger partial charge in [-0.25, -0.2) is 9.78 Å². The lowest BCUT2D eigenvalue weighted by Gasteiger charge is -2.08. The summed E-state index contributed by atoms with van der Waals surface area (Å²) in [6.45, 7) is 0.302. The van der Waals surface area contributed by atoms with Gasteiger partial charge < -0.3 is 14.6 Å². The van der Waals surface area contributed by atoms with Crippen LogP contribution in [0.15, 0.2) is 48.7 Å². The van der Waals surface area contributed by atoms with E-state index in [9.17, 15) is 9.90 Å². The number of aromatic nitrogens is 2. The molecule has 0 saturated carbocycles. The molecule has 2 aromatic carbocycles. The molecule has 6 heteroatoms. The monoisotopic (exact) mass is 310 g/mol. The predicted octanol–water partition coefficient (Wildman–Crippen LogP) is 3.27. The molecule has 0 saturated heterocycles. The largest absolute Gasteiger partial charge is 0.478 e. The van der Waals surface area contributed by atoms with Gasteiger partial charge in [-0.15, -0.1) is 0 Å². The Morgan fingerprint density at radius 2 is 2.09 bits per heavy atom. The van der Waals surface area contributed by atoms with Gasteiger partial charge in [0.1, 0.15) is 12.4 Å². The van der Waals surface area contributed by atoms with E-state index < -0.39 is 5.97 Å². The van der Waals surface area contributed by atoms with Crippen LogP contribution in [0.5, 0.6) is 11.6 Å². The van der Waals surface area contributed by atoms with Crippen LogP contribution in [-0.2, 0) is 11.3 Å². The molecule has 0 amide bonds. The van der Waals surface area contributed by atoms with Crippen LogP contribution in [0.25, 0.3) is 10.8 Å². The Hall–Kier alpha value is -2.99. The van der Waals surface area contributed by atoms with E-state index >= 15 is 0 Å². The third-order valence-electron chi connectivity index (χ3n) is 3.26. The Kier molecular flexibility index (Phi) is 4.16. The molecular weight excluding hydrogens is 296 g/mol. The number of benzene rings is 2. The lowest BCUT2D eigenvalue weighted by Crippen LogP contribution is -1.99. The number of hydrogen-bond acceptors (Lipinski definition) is 5. The van der Waals surface area contributed by atoms with Crippen molar-refractivity contribution in [2.75, 3.05) is 7.11 Å². The number of nitrogens with zero attached hydrogens (tertiary/aromatic N) is 2. The molecule has 1 heterocycles. The Morgan fingerprint density at radius 3 is 2.87 bits per heavy atom. The minimum atomic E-state index is -0.954. The highest BCUT2D eigenvalue weighted by Crippen LogP contribution is 2.26. The summed E-state index contributed by atoms with van der Waals surface area (Å²) >= 11 is 0. The fourth-order valence-electron chi connectivity index (χ4n) is 2.27. The van der Waals surface area contributed by atoms with Gasteiger partial charge in [-0.05, 0) is 35.0 Å². The highest BCUT2D eigenvalue weighted by Gasteiger charge is 2.09. The van der Waals surface area contributed by atoms with Crippen LogP contribution in [0.2, 0.25) is 0 Å². The molecule has 23 heavy (non-hydrogen) atoms. The average molecular weight is 310 g/mol. The standard InChI is InChI=1S/C17H14N2O4/c1-22-10-15-18-8-7-16(19-15)23-12-5-6-13-11(9-12)3-2-4-14(13)17(20)21/h2-9H,10H2,1H3,(H,20,21). The van der Waals surface area contributed by atoms with E-state index in [1.165, 1.54) is 0 Å². The van der Waals surface area contributed by atoms with E-state index in [1.807, 2.05) is 6.07 Å². The van der Waals surface area contributed by atoms with Crippen molar-refractivity contribution in [1.29, 1.82) is 0 Å². The van der Waals surface area contributed by atoms with Crippen molar-refractivity contribution in [3.8, 4) is 11.6 Å². The van der Waals surface area contributed by atoms with Crippen molar-refractivity contribution in [3.05, 3.63) is 60.0 Å². The molecule has 0 unspecified atom stereocenters. The normalized spacial score (nSPS) is 10.7. The van der Waals surface area contributed by atoms with Crippen molar-refractivity contribution >= 4 is 16.7 Å². The first-order chi connectivity index (χ1) is 11.2. The number of ether oxygens (including phenoxy) is 2. The first kappa shape index (κ1) is 14.9. The molecule has 0 radical (unpaired) electrons. The summed E-state index contributed by atoms with van der Waals surface area (Å²) in [5.74, 6) is 0.547. The molecule has 0 bridgehead atoms. The Morgan fingerprint density at radius 1 is 1.22 bits per heavy atom. The highest BCUT2D eigenvalue weighted by molar-refractivity contribution is 6.03. The summed E-state index contributed by atoms with van der Waals surface area (Å²) in [7, 11) is 1.57. The number of fused-ring (bicyclic) bond motifs is 1. The number of hydrogen-bond donors (Lipinski definition) is 1. The minimum absolute atomic E-state index is 0.262. The van der Waals surface area contributed by atoms with Gasteiger partial charge in [0.25, 0.3) is 0 Å². The van der Waals surface area contributed by atoms with E-state index in [4.69, 9.17) is 9.47 Å². The van der Waals surface area contributed by atoms with Crippen molar-refractivity contribution in [2.24, 2.45) is 0 Å². The smallest absolute Gasteiger partial charge is 0.336 e. The third kappa shape index (κ3) is 3.27. The maximum absolute atomic E-state index is 11.2. The molecule has 1 N–H and O–H groups in total. The van der Waals surface area contributed by atoms with Gasteiger partial charge in [-0.2, -0.15) is 4.98 Å². The predicted molar refractivity (Wildman–Crippen MR) is 83.7 cm³/mol. The Labute approximate surface area is 132 Å². The van der Waals surface area contributed by atoms with Crippen molar-refractivity contribution in [2.45, 2.75) is 6.61 Å². The summed E-state index contributed by atoms with van der Waals surface area (Å²) in [6.07, 6.45) is 1.60. The molecule has 116 valence electrons. The first-order valence-corrected chi connectivity index (χ1v) is 6.92. The molecule has 0 fully saturated rings. The van der Waals surface area contributed by atoms with Gasteiger partial charge in [-0.1, -0.05) is 12.1 Å². The average Bonchev–Trinajstić information content (AvgIpc) is 2.54. The van der Waals surface area contributed by atoms with Crippen LogP contribution in [0.1, 0.15) is 16.2 Å². The Balaban J connectivity index is 1.92. The highest BCUT2D eigenvalue weighted by atomic mass is 16.5. The molecule has 0 aliphatic rings. The summed E-state index contributed by atoms with van der Waals surface area (Å²) < 4.78 is 10.7. The molecular formula is C17H14N2O4. The molecule has 3 aromatic rings. The second-order valence-corrected chi connectivity index (χ2v) is 4.84. The Bertz CT molecular complexity index is 864. The topological polar surface area (TPSA) is 81.5 Å². The van der Waals surface area contributed by atoms with Crippen molar-refractivity contribution in [3.63, 3.8) is 0 Å². The number of aromatic carboxylic acids is 1. The molecule has 0 atom stereocenters. The molecule has 0 aliphatic carbocycles. The fraction of sp³-hybridized carbons (Fsp3) is 0.118. The van der Waals surface area contributed by atoms with Gasteiger partial charge in [0, 0.05) is 19.4 Å². The van der Waals surface area contributed by atoms with Crippen LogP contribution in [0.3, 0.4) is 0 Å². The molecule has 3 rings (SSSR count). The fourth-order valence-corrected chi connectivity index (χ4v) is 2.27. The van der Waals surface area contributed by atoms with Gasteiger partial charge in [-0.3, -0.25) is 0 Å². The maximum atomic E-state index is 11.2. The zero-order valence-electron chi connectivity index (χ0n) is 12.4. The number of carboxylic acid groups (broad SMARTS) is 1. The van der Waals surface area contributed by atoms with Crippen molar-refractivity contribution < 1.29 is 19.4 Å². The van der Waals surface area contributed by atoms with E-state index in [2.05, 4.69) is 9.97 Å². The zero-order valence-corrected chi connectivity index (χ0v) is 12.4. The molecule has 0 spiro atoms. The second kappa shape index (κ2) is 6.41. The number of carbonyl (C=O) groups is 1. The molecule has 1 aromatic heterocycles. The SMILES string of the molecule is COCc1nccc(Oc2ccc3c(C(=O)O)cccc3c2)n1. The van der Waals surface area contributed by atoms with Gasteiger partial charge in [0.2, 0.25) is 5.88 Å². The number of methoxy groups -OCH3 is 1. The molecule has 6 nitrogen and oxygen atoms in total. The van der Waals surface area contributed by atoms with E-state index in [-0.39, 0.29) is 5.56 Å². The second-order valence-electron chi connectivity index (χ2n) is 4.84. The lowest BCUT2D eigenvalue weighted by atomic mass is 10.0. The van der Waals surface area contributed by atoms with Crippen LogP contribution in [0.4, 0.5) is 0 Å². The summed E-state index contributed by atoms with van der Waals surface area (Å²) in [6, 6.07) is 12.0. The van der Waals surface area contributed by atoms with Gasteiger partial charge in [0.15, 0.2) is 5.82 Å². The van der Waals surface area contributed by atoms with E-state index in [0.29, 0.717) is 29.4 Å². The summed E-state index contributed by atoms with van der Waals surface area (Å²) in [5.41, 5.74) is 0.262. The summed E-state index contributed by atoms with van der Waals surface area (Å²) in [4.78, 5) is 19.5. The maximum Gasteiger partial charge on any atom is 0.336 e. The van der Waals surface area contributed by atoms with Crippen LogP contribution in [-0.4, -0.2) is 28.2 Å². The molecule has 0 aliphatic heterocycles. The van der Waals surface area contributed by atoms with Crippen LogP contribution in [0, 0.1) is 0 Å². The third-order valence-corrected chi connectivity index (χ3v) is 3.26. The number of rotatable bonds is 5. The summed E-state index contributed by atoms with van der Waals surface area (Å²) in [5, 5.41) is 10.7. The quantitative estimate of drug-likeness (QED) is 0.779. The van der Waals surface area contributed by atoms with E-state index in [1.54, 1.807) is 49.7 Å². The van der Waals surface area contributed by atoms with Crippen LogP contribution < -0.4 is 4.74 Å². The van der Waals surface area contributed by atoms with Crippen molar-refractivity contribution in [1.82, 2.24) is 9.97 Å². The lowest BCUT2D eigenvalue weighted by molar-refractivity contribution is 0.0699. The van der Waals surface area contributed by atoms with Gasteiger partial charge >= 0.3 is 5.97 Å². The first-order valence-electron chi connectivity index (χ1n) is 6.92. The van der Waals surface area contributed by atoms with Gasteiger partial charge in [0.05, 0.1) is 5.56 Å².